The summed E-state index contributed by atoms with van der Waals surface area (Å²) in [6.45, 7) is 4.68. The van der Waals surface area contributed by atoms with E-state index in [1.165, 1.54) is 10.4 Å². The zero-order valence-corrected chi connectivity index (χ0v) is 17.5. The highest BCUT2D eigenvalue weighted by Crippen LogP contribution is 2.26. The molecule has 1 fully saturated rings. The van der Waals surface area contributed by atoms with Crippen molar-refractivity contribution in [2.75, 3.05) is 13.1 Å². The fourth-order valence-corrected chi connectivity index (χ4v) is 5.02. The molecule has 1 aromatic carbocycles. The van der Waals surface area contributed by atoms with Crippen molar-refractivity contribution in [3.63, 3.8) is 0 Å². The van der Waals surface area contributed by atoms with Crippen molar-refractivity contribution in [3.8, 4) is 0 Å². The predicted molar refractivity (Wildman–Crippen MR) is 105 cm³/mol. The highest BCUT2D eigenvalue weighted by Gasteiger charge is 2.32. The number of unbranched alkanes of at least 4 members (excludes halogenated alkanes) is 2. The van der Waals surface area contributed by atoms with Gasteiger partial charge in [0.1, 0.15) is 5.82 Å². The van der Waals surface area contributed by atoms with E-state index in [4.69, 9.17) is 11.6 Å². The SMILES string of the molecule is CCCCCC(C)NC(=O)C1CCN(S(=O)(=O)c2ccc(F)c(Cl)c2)CC1. The monoisotopic (exact) mass is 418 g/mol. The van der Waals surface area contributed by atoms with Crippen molar-refractivity contribution in [2.45, 2.75) is 63.3 Å². The van der Waals surface area contributed by atoms with E-state index >= 15 is 0 Å². The summed E-state index contributed by atoms with van der Waals surface area (Å²) in [7, 11) is -3.74. The van der Waals surface area contributed by atoms with Gasteiger partial charge in [-0.3, -0.25) is 4.79 Å². The Kier molecular flexibility index (Phi) is 8.06. The van der Waals surface area contributed by atoms with Gasteiger partial charge in [-0.25, -0.2) is 12.8 Å². The summed E-state index contributed by atoms with van der Waals surface area (Å²) >= 11 is 5.71. The van der Waals surface area contributed by atoms with Crippen LogP contribution in [0, 0.1) is 11.7 Å². The molecule has 27 heavy (non-hydrogen) atoms. The number of rotatable bonds is 8. The van der Waals surface area contributed by atoms with Crippen LogP contribution in [0.3, 0.4) is 0 Å². The molecule has 0 aliphatic carbocycles. The minimum Gasteiger partial charge on any atom is -0.353 e. The normalized spacial score (nSPS) is 17.6. The van der Waals surface area contributed by atoms with Gasteiger partial charge >= 0.3 is 0 Å². The molecule has 2 rings (SSSR count). The van der Waals surface area contributed by atoms with Crippen LogP contribution < -0.4 is 5.32 Å². The average Bonchev–Trinajstić information content (AvgIpc) is 2.64. The number of sulfonamides is 1. The summed E-state index contributed by atoms with van der Waals surface area (Å²) in [5.41, 5.74) is 0. The third-order valence-electron chi connectivity index (χ3n) is 4.98. The van der Waals surface area contributed by atoms with Crippen molar-refractivity contribution >= 4 is 27.5 Å². The first-order chi connectivity index (χ1) is 12.8. The summed E-state index contributed by atoms with van der Waals surface area (Å²) in [6.07, 6.45) is 5.30. The second-order valence-electron chi connectivity index (χ2n) is 7.16. The van der Waals surface area contributed by atoms with Crippen LogP contribution in [0.15, 0.2) is 23.1 Å². The predicted octanol–water partition coefficient (Wildman–Crippen LogP) is 3.96. The molecule has 1 aromatic rings. The Labute approximate surface area is 166 Å². The number of benzene rings is 1. The molecule has 0 radical (unpaired) electrons. The highest BCUT2D eigenvalue weighted by molar-refractivity contribution is 7.89. The molecule has 1 aliphatic heterocycles. The third-order valence-corrected chi connectivity index (χ3v) is 7.17. The number of nitrogens with one attached hydrogen (secondary N) is 1. The van der Waals surface area contributed by atoms with Crippen molar-refractivity contribution in [3.05, 3.63) is 29.0 Å². The van der Waals surface area contributed by atoms with Gasteiger partial charge in [-0.05, 0) is 44.4 Å². The molecule has 0 saturated carbocycles. The lowest BCUT2D eigenvalue weighted by atomic mass is 9.96. The van der Waals surface area contributed by atoms with Crippen LogP contribution in [0.2, 0.25) is 5.02 Å². The van der Waals surface area contributed by atoms with Crippen LogP contribution in [-0.4, -0.2) is 37.8 Å². The van der Waals surface area contributed by atoms with E-state index in [1.54, 1.807) is 0 Å². The topological polar surface area (TPSA) is 66.5 Å². The maximum Gasteiger partial charge on any atom is 0.243 e. The van der Waals surface area contributed by atoms with Gasteiger partial charge in [-0.1, -0.05) is 37.8 Å². The van der Waals surface area contributed by atoms with Crippen molar-refractivity contribution < 1.29 is 17.6 Å². The largest absolute Gasteiger partial charge is 0.353 e. The number of hydrogen-bond donors (Lipinski definition) is 1. The Hall–Kier alpha value is -1.18. The zero-order valence-electron chi connectivity index (χ0n) is 15.9. The molecular weight excluding hydrogens is 391 g/mol. The maximum absolute atomic E-state index is 13.3. The second-order valence-corrected chi connectivity index (χ2v) is 9.50. The van der Waals surface area contributed by atoms with E-state index in [0.717, 1.165) is 37.8 Å². The molecule has 152 valence electrons. The first-order valence-corrected chi connectivity index (χ1v) is 11.3. The Morgan fingerprint density at radius 3 is 2.59 bits per heavy atom. The Morgan fingerprint density at radius 1 is 1.33 bits per heavy atom. The lowest BCUT2D eigenvalue weighted by Crippen LogP contribution is -2.44. The van der Waals surface area contributed by atoms with Gasteiger partial charge in [-0.15, -0.1) is 0 Å². The number of hydrogen-bond acceptors (Lipinski definition) is 3. The van der Waals surface area contributed by atoms with Crippen LogP contribution in [0.1, 0.15) is 52.4 Å². The molecule has 8 heteroatoms. The molecule has 0 aromatic heterocycles. The Bertz CT molecular complexity index is 749. The van der Waals surface area contributed by atoms with Crippen LogP contribution in [0.4, 0.5) is 4.39 Å². The van der Waals surface area contributed by atoms with Gasteiger partial charge in [0.15, 0.2) is 0 Å². The summed E-state index contributed by atoms with van der Waals surface area (Å²) in [4.78, 5) is 12.4. The number of halogens is 2. The van der Waals surface area contributed by atoms with Crippen molar-refractivity contribution in [2.24, 2.45) is 5.92 Å². The highest BCUT2D eigenvalue weighted by atomic mass is 35.5. The Morgan fingerprint density at radius 2 is 2.00 bits per heavy atom. The molecule has 0 spiro atoms. The van der Waals surface area contributed by atoms with E-state index < -0.39 is 15.8 Å². The second kappa shape index (κ2) is 9.85. The van der Waals surface area contributed by atoms with Gasteiger partial charge in [-0.2, -0.15) is 4.31 Å². The minimum absolute atomic E-state index is 0.000808. The lowest BCUT2D eigenvalue weighted by Gasteiger charge is -2.31. The smallest absolute Gasteiger partial charge is 0.243 e. The molecule has 1 unspecified atom stereocenters. The van der Waals surface area contributed by atoms with E-state index in [0.29, 0.717) is 12.8 Å². The molecule has 1 heterocycles. The molecule has 1 N–H and O–H groups in total. The standard InChI is InChI=1S/C19H28ClFN2O3S/c1-3-4-5-6-14(2)22-19(24)15-9-11-23(12-10-15)27(25,26)16-7-8-18(21)17(20)13-16/h7-8,13-15H,3-6,9-12H2,1-2H3,(H,22,24). The van der Waals surface area contributed by atoms with Gasteiger partial charge < -0.3 is 5.32 Å². The van der Waals surface area contributed by atoms with Crippen LogP contribution in [0.25, 0.3) is 0 Å². The third kappa shape index (κ3) is 5.90. The average molecular weight is 419 g/mol. The number of nitrogens with zero attached hydrogens (tertiary/aromatic N) is 1. The molecule has 5 nitrogen and oxygen atoms in total. The van der Waals surface area contributed by atoms with E-state index in [2.05, 4.69) is 12.2 Å². The first kappa shape index (κ1) is 22.1. The fraction of sp³-hybridized carbons (Fsp3) is 0.632. The molecular formula is C19H28ClFN2O3S. The fourth-order valence-electron chi connectivity index (χ4n) is 3.28. The maximum atomic E-state index is 13.3. The molecule has 1 atom stereocenters. The molecule has 1 aliphatic rings. The summed E-state index contributed by atoms with van der Waals surface area (Å²) < 4.78 is 40.0. The van der Waals surface area contributed by atoms with Crippen LogP contribution >= 0.6 is 11.6 Å². The summed E-state index contributed by atoms with van der Waals surface area (Å²) in [5.74, 6) is -0.832. The van der Waals surface area contributed by atoms with Crippen LogP contribution in [0.5, 0.6) is 0 Å². The summed E-state index contributed by atoms with van der Waals surface area (Å²) in [6, 6.07) is 3.53. The molecule has 1 amide bonds. The number of carbonyl (C=O) groups is 1. The van der Waals surface area contributed by atoms with Gasteiger partial charge in [0, 0.05) is 25.0 Å². The summed E-state index contributed by atoms with van der Waals surface area (Å²) in [5, 5.41) is 2.82. The van der Waals surface area contributed by atoms with E-state index in [1.807, 2.05) is 6.92 Å². The lowest BCUT2D eigenvalue weighted by molar-refractivity contribution is -0.126. The zero-order chi connectivity index (χ0) is 20.0. The molecule has 0 bridgehead atoms. The number of carbonyl (C=O) groups excluding carboxylic acids is 1. The number of amides is 1. The van der Waals surface area contributed by atoms with E-state index in [-0.39, 0.29) is 40.9 Å². The van der Waals surface area contributed by atoms with Gasteiger partial charge in [0.05, 0.1) is 9.92 Å². The first-order valence-electron chi connectivity index (χ1n) is 9.51. The van der Waals surface area contributed by atoms with Crippen LogP contribution in [-0.2, 0) is 14.8 Å². The van der Waals surface area contributed by atoms with Crippen molar-refractivity contribution in [1.82, 2.24) is 9.62 Å². The van der Waals surface area contributed by atoms with Gasteiger partial charge in [0.2, 0.25) is 15.9 Å². The van der Waals surface area contributed by atoms with E-state index in [9.17, 15) is 17.6 Å². The number of piperidine rings is 1. The van der Waals surface area contributed by atoms with Crippen molar-refractivity contribution in [1.29, 1.82) is 0 Å². The molecule has 1 saturated heterocycles. The Balaban J connectivity index is 1.90. The van der Waals surface area contributed by atoms with Gasteiger partial charge in [0.25, 0.3) is 0 Å². The quantitative estimate of drug-likeness (QED) is 0.649. The minimum atomic E-state index is -3.74.